The normalized spacial score (nSPS) is 15.2. The van der Waals surface area contributed by atoms with Crippen LogP contribution in [-0.2, 0) is 0 Å². The second kappa shape index (κ2) is 3.92. The highest BCUT2D eigenvalue weighted by atomic mass is 32.2. The van der Waals surface area contributed by atoms with Gasteiger partial charge >= 0.3 is 5.69 Å². The van der Waals surface area contributed by atoms with E-state index in [-0.39, 0.29) is 5.69 Å². The van der Waals surface area contributed by atoms with Crippen LogP contribution >= 0.6 is 11.8 Å². The Morgan fingerprint density at radius 3 is 2.95 bits per heavy atom. The van der Waals surface area contributed by atoms with Crippen molar-refractivity contribution < 1.29 is 0 Å². The van der Waals surface area contributed by atoms with E-state index in [0.29, 0.717) is 16.2 Å². The summed E-state index contributed by atoms with van der Waals surface area (Å²) in [6, 6.07) is 0.517. The first-order chi connectivity index (χ1) is 9.31. The Balaban J connectivity index is 1.79. The molecular formula is C10H9N7OS. The molecular weight excluding hydrogens is 266 g/mol. The minimum atomic E-state index is -0.337. The Labute approximate surface area is 110 Å². The summed E-state index contributed by atoms with van der Waals surface area (Å²) in [5.74, 6) is 0. The highest BCUT2D eigenvalue weighted by Gasteiger charge is 2.26. The number of nitrogens with one attached hydrogen (secondary N) is 2. The molecule has 0 atom stereocenters. The van der Waals surface area contributed by atoms with Crippen molar-refractivity contribution in [3.05, 3.63) is 23.1 Å². The molecule has 0 spiro atoms. The van der Waals surface area contributed by atoms with Gasteiger partial charge in [-0.1, -0.05) is 0 Å². The van der Waals surface area contributed by atoms with Gasteiger partial charge in [0.1, 0.15) is 16.9 Å². The molecule has 96 valence electrons. The molecule has 0 saturated heterocycles. The Morgan fingerprint density at radius 2 is 2.21 bits per heavy atom. The zero-order valence-corrected chi connectivity index (χ0v) is 10.5. The van der Waals surface area contributed by atoms with Gasteiger partial charge < -0.3 is 4.57 Å². The highest BCUT2D eigenvalue weighted by Crippen LogP contribution is 2.37. The second-order valence-corrected chi connectivity index (χ2v) is 5.30. The van der Waals surface area contributed by atoms with E-state index in [2.05, 4.69) is 34.7 Å². The predicted octanol–water partition coefficient (Wildman–Crippen LogP) is 0.724. The summed E-state index contributed by atoms with van der Waals surface area (Å²) in [6.07, 6.45) is 5.65. The van der Waals surface area contributed by atoms with Gasteiger partial charge in [-0.3, -0.25) is 4.98 Å². The van der Waals surface area contributed by atoms with Crippen molar-refractivity contribution in [1.82, 2.24) is 34.7 Å². The maximum Gasteiger partial charge on any atom is 0.341 e. The maximum absolute atomic E-state index is 11.0. The number of rotatable bonds is 3. The first-order valence-electron chi connectivity index (χ1n) is 5.81. The third kappa shape index (κ3) is 1.82. The topological polar surface area (TPSA) is 105 Å². The summed E-state index contributed by atoms with van der Waals surface area (Å²) in [4.78, 5) is 26.4. The fraction of sp³-hybridized carbons (Fsp3) is 0.300. The first-order valence-corrected chi connectivity index (χ1v) is 6.63. The van der Waals surface area contributed by atoms with Crippen molar-refractivity contribution in [3.63, 3.8) is 0 Å². The molecule has 1 aliphatic rings. The number of aromatic nitrogens is 7. The number of hydrogen-bond donors (Lipinski definition) is 2. The molecule has 19 heavy (non-hydrogen) atoms. The molecule has 1 fully saturated rings. The van der Waals surface area contributed by atoms with Crippen molar-refractivity contribution in [2.75, 3.05) is 0 Å². The first kappa shape index (κ1) is 10.7. The van der Waals surface area contributed by atoms with Gasteiger partial charge in [-0.25, -0.2) is 24.8 Å². The molecule has 0 radical (unpaired) electrons. The zero-order chi connectivity index (χ0) is 12.8. The van der Waals surface area contributed by atoms with Crippen LogP contribution in [0.5, 0.6) is 0 Å². The van der Waals surface area contributed by atoms with E-state index in [9.17, 15) is 4.79 Å². The Morgan fingerprint density at radius 1 is 1.32 bits per heavy atom. The molecule has 0 amide bonds. The molecule has 1 aliphatic carbocycles. The molecule has 4 rings (SSSR count). The smallest absolute Gasteiger partial charge is 0.312 e. The van der Waals surface area contributed by atoms with Gasteiger partial charge in [0, 0.05) is 6.04 Å². The Bertz CT molecular complexity index is 799. The van der Waals surface area contributed by atoms with Crippen molar-refractivity contribution in [1.29, 1.82) is 0 Å². The molecule has 0 unspecified atom stereocenters. The van der Waals surface area contributed by atoms with Gasteiger partial charge in [0.2, 0.25) is 0 Å². The van der Waals surface area contributed by atoms with E-state index in [1.54, 1.807) is 6.33 Å². The number of aromatic amines is 2. The standard InChI is InChI=1S/C10H9N7OS/c18-9-14-10(16-15-9)19-8-6-7(11-3-12-8)17(4-13-6)5-1-2-5/h3-5H,1-2H2,(H2,14,15,16,18). The lowest BCUT2D eigenvalue weighted by atomic mass is 10.5. The van der Waals surface area contributed by atoms with Gasteiger partial charge in [0.15, 0.2) is 10.8 Å². The molecule has 3 aromatic rings. The lowest BCUT2D eigenvalue weighted by Crippen LogP contribution is -2.00. The molecule has 2 N–H and O–H groups in total. The molecule has 1 saturated carbocycles. The lowest BCUT2D eigenvalue weighted by Gasteiger charge is -2.00. The lowest BCUT2D eigenvalue weighted by molar-refractivity contribution is 0.756. The molecule has 9 heteroatoms. The second-order valence-electron chi connectivity index (χ2n) is 4.32. The fourth-order valence-corrected chi connectivity index (χ4v) is 2.68. The summed E-state index contributed by atoms with van der Waals surface area (Å²) in [7, 11) is 0. The molecule has 0 aliphatic heterocycles. The van der Waals surface area contributed by atoms with E-state index in [4.69, 9.17) is 0 Å². The Kier molecular flexibility index (Phi) is 2.21. The fourth-order valence-electron chi connectivity index (χ4n) is 1.92. The Hall–Kier alpha value is -2.16. The van der Waals surface area contributed by atoms with Crippen LogP contribution in [0.3, 0.4) is 0 Å². The van der Waals surface area contributed by atoms with E-state index in [1.807, 2.05) is 0 Å². The highest BCUT2D eigenvalue weighted by molar-refractivity contribution is 7.99. The minimum absolute atomic E-state index is 0.337. The quantitative estimate of drug-likeness (QED) is 0.682. The summed E-state index contributed by atoms with van der Waals surface area (Å²) < 4.78 is 2.08. The monoisotopic (exact) mass is 275 g/mol. The largest absolute Gasteiger partial charge is 0.341 e. The van der Waals surface area contributed by atoms with E-state index in [1.165, 1.54) is 30.9 Å². The molecule has 0 bridgehead atoms. The summed E-state index contributed by atoms with van der Waals surface area (Å²) >= 11 is 1.26. The van der Waals surface area contributed by atoms with Crippen LogP contribution in [0.2, 0.25) is 0 Å². The van der Waals surface area contributed by atoms with E-state index in [0.717, 1.165) is 11.2 Å². The number of nitrogens with zero attached hydrogens (tertiary/aromatic N) is 5. The van der Waals surface area contributed by atoms with Crippen LogP contribution in [0.15, 0.2) is 27.6 Å². The van der Waals surface area contributed by atoms with Gasteiger partial charge in [0.05, 0.1) is 6.33 Å². The van der Waals surface area contributed by atoms with Crippen molar-refractivity contribution in [3.8, 4) is 0 Å². The molecule has 8 nitrogen and oxygen atoms in total. The van der Waals surface area contributed by atoms with Crippen LogP contribution < -0.4 is 5.69 Å². The van der Waals surface area contributed by atoms with Crippen LogP contribution in [0.25, 0.3) is 11.2 Å². The zero-order valence-electron chi connectivity index (χ0n) is 9.70. The van der Waals surface area contributed by atoms with Crippen molar-refractivity contribution >= 4 is 22.9 Å². The predicted molar refractivity (Wildman–Crippen MR) is 66.9 cm³/mol. The van der Waals surface area contributed by atoms with E-state index >= 15 is 0 Å². The third-order valence-electron chi connectivity index (χ3n) is 2.94. The van der Waals surface area contributed by atoms with Crippen LogP contribution in [0.4, 0.5) is 0 Å². The molecule has 3 aromatic heterocycles. The summed E-state index contributed by atoms with van der Waals surface area (Å²) in [6.45, 7) is 0. The number of hydrogen-bond acceptors (Lipinski definition) is 6. The number of imidazole rings is 1. The summed E-state index contributed by atoms with van der Waals surface area (Å²) in [5.41, 5.74) is 1.23. The number of H-pyrrole nitrogens is 2. The van der Waals surface area contributed by atoms with E-state index < -0.39 is 0 Å². The average molecular weight is 275 g/mol. The van der Waals surface area contributed by atoms with Gasteiger partial charge in [-0.2, -0.15) is 0 Å². The number of fused-ring (bicyclic) bond motifs is 1. The van der Waals surface area contributed by atoms with Crippen LogP contribution in [0, 0.1) is 0 Å². The minimum Gasteiger partial charge on any atom is -0.312 e. The van der Waals surface area contributed by atoms with Gasteiger partial charge in [0.25, 0.3) is 0 Å². The summed E-state index contributed by atoms with van der Waals surface area (Å²) in [5, 5.41) is 7.32. The SMILES string of the molecule is O=c1[nH]nc(Sc2ncnc3c2ncn3C2CC2)[nH]1. The van der Waals surface area contributed by atoms with Crippen molar-refractivity contribution in [2.45, 2.75) is 29.1 Å². The average Bonchev–Trinajstić information content (AvgIpc) is 3.02. The molecule has 0 aromatic carbocycles. The third-order valence-corrected chi connectivity index (χ3v) is 3.82. The van der Waals surface area contributed by atoms with Gasteiger partial charge in [-0.15, -0.1) is 5.10 Å². The van der Waals surface area contributed by atoms with Crippen molar-refractivity contribution in [2.24, 2.45) is 0 Å². The van der Waals surface area contributed by atoms with Crippen LogP contribution in [-0.4, -0.2) is 34.7 Å². The van der Waals surface area contributed by atoms with Gasteiger partial charge in [-0.05, 0) is 24.6 Å². The maximum atomic E-state index is 11.0. The molecule has 3 heterocycles. The van der Waals surface area contributed by atoms with Crippen LogP contribution in [0.1, 0.15) is 18.9 Å².